The van der Waals surface area contributed by atoms with Gasteiger partial charge in [0, 0.05) is 43.8 Å². The van der Waals surface area contributed by atoms with Crippen LogP contribution in [0.3, 0.4) is 0 Å². The molecule has 1 aliphatic rings. The van der Waals surface area contributed by atoms with E-state index in [0.29, 0.717) is 0 Å². The first-order valence-electron chi connectivity index (χ1n) is 8.78. The van der Waals surface area contributed by atoms with Gasteiger partial charge in [-0.3, -0.25) is 4.99 Å². The van der Waals surface area contributed by atoms with Crippen LogP contribution in [-0.2, 0) is 6.42 Å². The van der Waals surface area contributed by atoms with Crippen LogP contribution in [0.15, 0.2) is 35.5 Å². The number of likely N-dealkylation sites (tertiary alicyclic amines) is 1. The van der Waals surface area contributed by atoms with Crippen LogP contribution < -0.4 is 5.32 Å². The van der Waals surface area contributed by atoms with Gasteiger partial charge in [-0.05, 0) is 43.2 Å². The smallest absolute Gasteiger partial charge is 0.193 e. The minimum absolute atomic E-state index is 0. The molecule has 2 N–H and O–H groups in total. The van der Waals surface area contributed by atoms with Crippen molar-refractivity contribution in [3.05, 3.63) is 36.0 Å². The number of benzene rings is 1. The predicted octanol–water partition coefficient (Wildman–Crippen LogP) is 4.03. The van der Waals surface area contributed by atoms with Gasteiger partial charge in [-0.1, -0.05) is 25.1 Å². The summed E-state index contributed by atoms with van der Waals surface area (Å²) in [7, 11) is 1.89. The molecule has 1 aliphatic heterocycles. The molecule has 1 fully saturated rings. The van der Waals surface area contributed by atoms with E-state index in [0.717, 1.165) is 44.4 Å². The Bertz CT molecular complexity index is 664. The van der Waals surface area contributed by atoms with Crippen molar-refractivity contribution < 1.29 is 0 Å². The van der Waals surface area contributed by atoms with Gasteiger partial charge in [0.1, 0.15) is 0 Å². The fraction of sp³-hybridized carbons (Fsp3) is 0.526. The Kier molecular flexibility index (Phi) is 7.40. The minimum Gasteiger partial charge on any atom is -0.361 e. The molecule has 5 heteroatoms. The number of nitrogens with one attached hydrogen (secondary N) is 2. The monoisotopic (exact) mass is 440 g/mol. The molecule has 1 aromatic heterocycles. The number of aromatic amines is 1. The van der Waals surface area contributed by atoms with Crippen LogP contribution in [0.2, 0.25) is 0 Å². The number of halogens is 1. The van der Waals surface area contributed by atoms with Gasteiger partial charge in [-0.2, -0.15) is 0 Å². The van der Waals surface area contributed by atoms with Gasteiger partial charge in [-0.15, -0.1) is 24.0 Å². The molecule has 0 saturated carbocycles. The highest BCUT2D eigenvalue weighted by atomic mass is 127. The Morgan fingerprint density at radius 1 is 1.38 bits per heavy atom. The zero-order valence-corrected chi connectivity index (χ0v) is 17.0. The van der Waals surface area contributed by atoms with E-state index in [9.17, 15) is 0 Å². The zero-order chi connectivity index (χ0) is 16.1. The van der Waals surface area contributed by atoms with Crippen LogP contribution in [-0.4, -0.2) is 42.5 Å². The van der Waals surface area contributed by atoms with Crippen molar-refractivity contribution in [2.75, 3.05) is 26.7 Å². The number of aliphatic imine (C=N–C) groups is 1. The van der Waals surface area contributed by atoms with Crippen molar-refractivity contribution in [2.24, 2.45) is 10.9 Å². The molecule has 4 nitrogen and oxygen atoms in total. The lowest BCUT2D eigenvalue weighted by atomic mass is 10.0. The molecule has 0 bridgehead atoms. The largest absolute Gasteiger partial charge is 0.361 e. The maximum absolute atomic E-state index is 4.46. The van der Waals surface area contributed by atoms with Crippen LogP contribution in [0.25, 0.3) is 10.9 Å². The van der Waals surface area contributed by atoms with Gasteiger partial charge in [-0.25, -0.2) is 0 Å². The summed E-state index contributed by atoms with van der Waals surface area (Å²) >= 11 is 0. The molecule has 0 aliphatic carbocycles. The third-order valence-electron chi connectivity index (χ3n) is 4.75. The van der Waals surface area contributed by atoms with Crippen molar-refractivity contribution in [3.63, 3.8) is 0 Å². The summed E-state index contributed by atoms with van der Waals surface area (Å²) < 4.78 is 0. The van der Waals surface area contributed by atoms with E-state index >= 15 is 0 Å². The number of guanidine groups is 1. The van der Waals surface area contributed by atoms with Gasteiger partial charge >= 0.3 is 0 Å². The summed E-state index contributed by atoms with van der Waals surface area (Å²) in [5.41, 5.74) is 2.64. The fourth-order valence-corrected chi connectivity index (χ4v) is 3.53. The van der Waals surface area contributed by atoms with Crippen molar-refractivity contribution in [2.45, 2.75) is 32.6 Å². The number of nitrogens with zero attached hydrogens (tertiary/aromatic N) is 2. The highest BCUT2D eigenvalue weighted by molar-refractivity contribution is 14.0. The number of fused-ring (bicyclic) bond motifs is 1. The second-order valence-corrected chi connectivity index (χ2v) is 6.63. The molecule has 1 atom stereocenters. The Balaban J connectivity index is 0.00000208. The Morgan fingerprint density at radius 2 is 2.21 bits per heavy atom. The number of piperidine rings is 1. The number of hydrogen-bond donors (Lipinski definition) is 2. The third-order valence-corrected chi connectivity index (χ3v) is 4.75. The first-order valence-corrected chi connectivity index (χ1v) is 8.78. The lowest BCUT2D eigenvalue weighted by Crippen LogP contribution is -2.46. The normalized spacial score (nSPS) is 18.5. The molecule has 0 radical (unpaired) electrons. The summed E-state index contributed by atoms with van der Waals surface area (Å²) in [5, 5.41) is 4.88. The molecular weight excluding hydrogens is 411 g/mol. The second-order valence-electron chi connectivity index (χ2n) is 6.63. The van der Waals surface area contributed by atoms with E-state index in [1.165, 1.54) is 29.3 Å². The third kappa shape index (κ3) is 4.65. The van der Waals surface area contributed by atoms with Crippen LogP contribution in [0.5, 0.6) is 0 Å². The predicted molar refractivity (Wildman–Crippen MR) is 113 cm³/mol. The number of aryl methyl sites for hydroxylation is 1. The van der Waals surface area contributed by atoms with Crippen molar-refractivity contribution in [3.8, 4) is 0 Å². The minimum atomic E-state index is 0. The number of para-hydroxylation sites is 1. The maximum atomic E-state index is 4.46. The van der Waals surface area contributed by atoms with Gasteiger partial charge in [0.05, 0.1) is 0 Å². The van der Waals surface area contributed by atoms with Gasteiger partial charge in [0.2, 0.25) is 0 Å². The van der Waals surface area contributed by atoms with E-state index in [1.807, 2.05) is 7.05 Å². The summed E-state index contributed by atoms with van der Waals surface area (Å²) in [6.07, 6.45) is 6.96. The SMILES string of the molecule is CN=C(NCCCc1c[nH]c2ccccc12)N1CCCC(C)C1.I. The number of aromatic nitrogens is 1. The Morgan fingerprint density at radius 3 is 3.00 bits per heavy atom. The molecular formula is C19H29IN4. The molecule has 1 saturated heterocycles. The number of H-pyrrole nitrogens is 1. The first-order chi connectivity index (χ1) is 11.3. The molecule has 0 spiro atoms. The highest BCUT2D eigenvalue weighted by Gasteiger charge is 2.18. The lowest BCUT2D eigenvalue weighted by molar-refractivity contribution is 0.266. The van der Waals surface area contributed by atoms with Crippen molar-refractivity contribution >= 4 is 40.8 Å². The van der Waals surface area contributed by atoms with Crippen LogP contribution in [0.1, 0.15) is 31.7 Å². The molecule has 1 unspecified atom stereocenters. The Hall–Kier alpha value is -1.24. The summed E-state index contributed by atoms with van der Waals surface area (Å²) in [6, 6.07) is 8.52. The highest BCUT2D eigenvalue weighted by Crippen LogP contribution is 2.19. The van der Waals surface area contributed by atoms with Crippen LogP contribution in [0, 0.1) is 5.92 Å². The molecule has 3 rings (SSSR count). The van der Waals surface area contributed by atoms with E-state index in [2.05, 4.69) is 57.6 Å². The lowest BCUT2D eigenvalue weighted by Gasteiger charge is -2.33. The second kappa shape index (κ2) is 9.30. The molecule has 1 aromatic carbocycles. The van der Waals surface area contributed by atoms with Crippen molar-refractivity contribution in [1.82, 2.24) is 15.2 Å². The summed E-state index contributed by atoms with van der Waals surface area (Å²) in [6.45, 7) is 5.56. The van der Waals surface area contributed by atoms with E-state index in [1.54, 1.807) is 0 Å². The van der Waals surface area contributed by atoms with E-state index < -0.39 is 0 Å². The van der Waals surface area contributed by atoms with Crippen LogP contribution >= 0.6 is 24.0 Å². The average molecular weight is 440 g/mol. The molecule has 24 heavy (non-hydrogen) atoms. The van der Waals surface area contributed by atoms with Gasteiger partial charge in [0.25, 0.3) is 0 Å². The van der Waals surface area contributed by atoms with Gasteiger partial charge in [0.15, 0.2) is 5.96 Å². The molecule has 0 amide bonds. The summed E-state index contributed by atoms with van der Waals surface area (Å²) in [4.78, 5) is 10.2. The maximum Gasteiger partial charge on any atom is 0.193 e. The van der Waals surface area contributed by atoms with E-state index in [4.69, 9.17) is 0 Å². The molecule has 2 heterocycles. The van der Waals surface area contributed by atoms with E-state index in [-0.39, 0.29) is 24.0 Å². The molecule has 132 valence electrons. The Labute approximate surface area is 162 Å². The first kappa shape index (κ1) is 19.1. The number of rotatable bonds is 4. The average Bonchev–Trinajstić information content (AvgIpc) is 2.98. The number of hydrogen-bond acceptors (Lipinski definition) is 1. The zero-order valence-electron chi connectivity index (χ0n) is 14.7. The fourth-order valence-electron chi connectivity index (χ4n) is 3.53. The van der Waals surface area contributed by atoms with Crippen molar-refractivity contribution in [1.29, 1.82) is 0 Å². The standard InChI is InChI=1S/C19H28N4.HI/c1-15-7-6-12-23(14-15)19(20-2)21-11-5-8-16-13-22-18-10-4-3-9-17(16)18;/h3-4,9-10,13,15,22H,5-8,11-12,14H2,1-2H3,(H,20,21);1H. The van der Waals surface area contributed by atoms with Gasteiger partial charge < -0.3 is 15.2 Å². The topological polar surface area (TPSA) is 43.4 Å². The van der Waals surface area contributed by atoms with Crippen LogP contribution in [0.4, 0.5) is 0 Å². The summed E-state index contributed by atoms with van der Waals surface area (Å²) in [5.74, 6) is 1.84. The molecule has 2 aromatic rings. The quantitative estimate of drug-likeness (QED) is 0.327.